The van der Waals surface area contributed by atoms with Crippen LogP contribution in [0.4, 0.5) is 18.9 Å². The highest BCUT2D eigenvalue weighted by Crippen LogP contribution is 2.31. The summed E-state index contributed by atoms with van der Waals surface area (Å²) in [5.41, 5.74) is 7.47. The summed E-state index contributed by atoms with van der Waals surface area (Å²) in [7, 11) is 3.83. The van der Waals surface area contributed by atoms with Crippen LogP contribution in [0.25, 0.3) is 5.57 Å². The van der Waals surface area contributed by atoms with Crippen LogP contribution in [0.3, 0.4) is 0 Å². The van der Waals surface area contributed by atoms with Gasteiger partial charge >= 0.3 is 6.18 Å². The summed E-state index contributed by atoms with van der Waals surface area (Å²) in [4.78, 5) is 12.8. The summed E-state index contributed by atoms with van der Waals surface area (Å²) in [6.07, 6.45) is -0.0624. The molecule has 0 radical (unpaired) electrons. The number of hydrogen-bond acceptors (Lipinski definition) is 2. The van der Waals surface area contributed by atoms with Gasteiger partial charge in [0.1, 0.15) is 0 Å². The first-order valence-electron chi connectivity index (χ1n) is 7.81. The zero-order valence-electron chi connectivity index (χ0n) is 14.4. The summed E-state index contributed by atoms with van der Waals surface area (Å²) in [6.45, 7) is 0. The van der Waals surface area contributed by atoms with Gasteiger partial charge in [-0.2, -0.15) is 13.2 Å². The number of allylic oxidation sites excluding steroid dienone is 2. The number of alkyl halides is 3. The molecule has 3 nitrogen and oxygen atoms in total. The van der Waals surface area contributed by atoms with E-state index in [2.05, 4.69) is 0 Å². The van der Waals surface area contributed by atoms with E-state index in [0.717, 1.165) is 23.4 Å². The van der Waals surface area contributed by atoms with Crippen molar-refractivity contribution >= 4 is 17.2 Å². The highest BCUT2D eigenvalue weighted by atomic mass is 19.4. The molecule has 0 aliphatic carbocycles. The number of amides is 1. The molecule has 0 bridgehead atoms. The molecule has 0 heterocycles. The summed E-state index contributed by atoms with van der Waals surface area (Å²) >= 11 is 0. The van der Waals surface area contributed by atoms with Gasteiger partial charge in [-0.05, 0) is 41.0 Å². The lowest BCUT2D eigenvalue weighted by molar-refractivity contribution is -0.137. The molecule has 0 spiro atoms. The van der Waals surface area contributed by atoms with Crippen molar-refractivity contribution in [2.45, 2.75) is 6.18 Å². The fraction of sp³-hybridized carbons (Fsp3) is 0.150. The van der Waals surface area contributed by atoms with Gasteiger partial charge in [-0.25, -0.2) is 0 Å². The fourth-order valence-electron chi connectivity index (χ4n) is 2.38. The van der Waals surface area contributed by atoms with Crippen LogP contribution in [0.2, 0.25) is 0 Å². The minimum atomic E-state index is -4.39. The molecule has 26 heavy (non-hydrogen) atoms. The predicted molar refractivity (Wildman–Crippen MR) is 97.6 cm³/mol. The highest BCUT2D eigenvalue weighted by molar-refractivity contribution is 5.87. The van der Waals surface area contributed by atoms with Crippen molar-refractivity contribution in [2.24, 2.45) is 5.73 Å². The van der Waals surface area contributed by atoms with Crippen LogP contribution in [0, 0.1) is 0 Å². The minimum Gasteiger partial charge on any atom is -0.378 e. The molecule has 1 amide bonds. The van der Waals surface area contributed by atoms with Gasteiger partial charge in [0, 0.05) is 25.9 Å². The zero-order valence-corrected chi connectivity index (χ0v) is 14.4. The normalized spacial score (nSPS) is 12.4. The van der Waals surface area contributed by atoms with Crippen molar-refractivity contribution in [1.29, 1.82) is 0 Å². The predicted octanol–water partition coefficient (Wildman–Crippen LogP) is 4.24. The third kappa shape index (κ3) is 4.99. The molecule has 6 heteroatoms. The Hall–Kier alpha value is -3.02. The summed E-state index contributed by atoms with van der Waals surface area (Å²) in [5.74, 6) is -0.601. The van der Waals surface area contributed by atoms with E-state index in [4.69, 9.17) is 5.73 Å². The molecule has 2 aromatic carbocycles. The van der Waals surface area contributed by atoms with E-state index in [1.165, 1.54) is 24.3 Å². The Morgan fingerprint density at radius 3 is 1.88 bits per heavy atom. The summed E-state index contributed by atoms with van der Waals surface area (Å²) < 4.78 is 38.3. The van der Waals surface area contributed by atoms with Gasteiger partial charge in [0.2, 0.25) is 5.91 Å². The van der Waals surface area contributed by atoms with Crippen LogP contribution in [0.1, 0.15) is 16.7 Å². The van der Waals surface area contributed by atoms with Gasteiger partial charge in [0.05, 0.1) is 5.56 Å². The summed E-state index contributed by atoms with van der Waals surface area (Å²) in [5, 5.41) is 0. The van der Waals surface area contributed by atoms with Crippen molar-refractivity contribution < 1.29 is 18.0 Å². The first-order valence-corrected chi connectivity index (χ1v) is 7.81. The van der Waals surface area contributed by atoms with E-state index >= 15 is 0 Å². The van der Waals surface area contributed by atoms with E-state index in [9.17, 15) is 18.0 Å². The highest BCUT2D eigenvalue weighted by Gasteiger charge is 2.30. The lowest BCUT2D eigenvalue weighted by atomic mass is 9.96. The topological polar surface area (TPSA) is 46.3 Å². The second kappa shape index (κ2) is 7.91. The fourth-order valence-corrected chi connectivity index (χ4v) is 2.38. The number of nitrogens with two attached hydrogens (primary N) is 1. The second-order valence-corrected chi connectivity index (χ2v) is 5.86. The molecule has 0 atom stereocenters. The van der Waals surface area contributed by atoms with Crippen molar-refractivity contribution in [3.05, 3.63) is 83.4 Å². The van der Waals surface area contributed by atoms with Crippen LogP contribution in [-0.2, 0) is 11.0 Å². The summed E-state index contributed by atoms with van der Waals surface area (Å²) in [6, 6.07) is 12.5. The van der Waals surface area contributed by atoms with Gasteiger partial charge in [0.25, 0.3) is 0 Å². The first-order chi connectivity index (χ1) is 12.2. The Labute approximate surface area is 150 Å². The van der Waals surface area contributed by atoms with E-state index in [-0.39, 0.29) is 0 Å². The van der Waals surface area contributed by atoms with Gasteiger partial charge in [-0.3, -0.25) is 4.79 Å². The molecule has 0 aromatic heterocycles. The molecule has 0 fully saturated rings. The Morgan fingerprint density at radius 2 is 1.46 bits per heavy atom. The van der Waals surface area contributed by atoms with E-state index in [1.54, 1.807) is 6.08 Å². The minimum absolute atomic E-state index is 0.601. The van der Waals surface area contributed by atoms with Crippen LogP contribution >= 0.6 is 0 Å². The number of carbonyl (C=O) groups excluding carboxylic acids is 1. The molecule has 2 aromatic rings. The quantitative estimate of drug-likeness (QED) is 0.640. The third-order valence-electron chi connectivity index (χ3n) is 3.74. The molecule has 0 unspecified atom stereocenters. The SMILES string of the molecule is CN(C)c1ccc(C(=CC=CC(N)=O)c2ccc(C(F)(F)F)cc2)cc1. The number of hydrogen-bond donors (Lipinski definition) is 1. The van der Waals surface area contributed by atoms with Crippen molar-refractivity contribution in [1.82, 2.24) is 0 Å². The van der Waals surface area contributed by atoms with E-state index < -0.39 is 17.6 Å². The average Bonchev–Trinajstić information content (AvgIpc) is 2.58. The molecular formula is C20H19F3N2O. The Kier molecular flexibility index (Phi) is 5.87. The second-order valence-electron chi connectivity index (χ2n) is 5.86. The maximum atomic E-state index is 12.8. The average molecular weight is 360 g/mol. The molecule has 2 N–H and O–H groups in total. The van der Waals surface area contributed by atoms with Crippen molar-refractivity contribution in [2.75, 3.05) is 19.0 Å². The maximum absolute atomic E-state index is 12.8. The molecule has 136 valence electrons. The maximum Gasteiger partial charge on any atom is 0.416 e. The number of halogens is 3. The smallest absolute Gasteiger partial charge is 0.378 e. The van der Waals surface area contributed by atoms with E-state index in [0.29, 0.717) is 11.1 Å². The number of rotatable bonds is 5. The first kappa shape index (κ1) is 19.3. The number of primary amides is 1. The largest absolute Gasteiger partial charge is 0.416 e. The number of carbonyl (C=O) groups is 1. The number of nitrogens with zero attached hydrogens (tertiary/aromatic N) is 1. The van der Waals surface area contributed by atoms with Gasteiger partial charge in [-0.15, -0.1) is 0 Å². The molecule has 0 saturated heterocycles. The van der Waals surface area contributed by atoms with Crippen LogP contribution in [0.15, 0.2) is 66.8 Å². The van der Waals surface area contributed by atoms with Crippen LogP contribution < -0.4 is 10.6 Å². The Morgan fingerprint density at radius 1 is 0.962 bits per heavy atom. The van der Waals surface area contributed by atoms with Crippen molar-refractivity contribution in [3.63, 3.8) is 0 Å². The molecule has 0 aliphatic rings. The Balaban J connectivity index is 2.46. The van der Waals surface area contributed by atoms with Crippen LogP contribution in [-0.4, -0.2) is 20.0 Å². The molecular weight excluding hydrogens is 341 g/mol. The molecule has 0 aliphatic heterocycles. The number of anilines is 1. The lowest BCUT2D eigenvalue weighted by Gasteiger charge is -2.14. The monoisotopic (exact) mass is 360 g/mol. The molecule has 2 rings (SSSR count). The zero-order chi connectivity index (χ0) is 19.3. The Bertz CT molecular complexity index is 818. The van der Waals surface area contributed by atoms with Crippen LogP contribution in [0.5, 0.6) is 0 Å². The lowest BCUT2D eigenvalue weighted by Crippen LogP contribution is -2.08. The third-order valence-corrected chi connectivity index (χ3v) is 3.74. The van der Waals surface area contributed by atoms with Crippen molar-refractivity contribution in [3.8, 4) is 0 Å². The van der Waals surface area contributed by atoms with Gasteiger partial charge in [0.15, 0.2) is 0 Å². The van der Waals surface area contributed by atoms with Gasteiger partial charge < -0.3 is 10.6 Å². The van der Waals surface area contributed by atoms with E-state index in [1.807, 2.05) is 43.3 Å². The standard InChI is InChI=1S/C20H19F3N2O/c1-25(2)17-12-8-15(9-13-17)18(4-3-5-19(24)26)14-6-10-16(11-7-14)20(21,22)23/h3-13H,1-2H3,(H2,24,26). The number of benzene rings is 2. The molecule has 0 saturated carbocycles. The van der Waals surface area contributed by atoms with Gasteiger partial charge in [-0.1, -0.05) is 36.4 Å².